The van der Waals surface area contributed by atoms with Crippen LogP contribution in [0.2, 0.25) is 0 Å². The lowest BCUT2D eigenvalue weighted by Gasteiger charge is -2.29. The van der Waals surface area contributed by atoms with E-state index in [9.17, 15) is 4.79 Å². The summed E-state index contributed by atoms with van der Waals surface area (Å²) in [6, 6.07) is 16.0. The van der Waals surface area contributed by atoms with Crippen molar-refractivity contribution in [2.75, 3.05) is 32.0 Å². The smallest absolute Gasteiger partial charge is 0.252 e. The van der Waals surface area contributed by atoms with Gasteiger partial charge in [0.15, 0.2) is 0 Å². The van der Waals surface area contributed by atoms with E-state index in [1.807, 2.05) is 24.3 Å². The van der Waals surface area contributed by atoms with Gasteiger partial charge in [0.05, 0.1) is 11.8 Å². The molecule has 182 valence electrons. The SMILES string of the molecule is CN1CCC(c2ccc(Nc3nc(-c4ccc(C(=O)NCC#N)cc4)c4cc[nH]c4n3)cc2F)CC1. The minimum absolute atomic E-state index is 0.0505. The Morgan fingerprint density at radius 2 is 1.94 bits per heavy atom. The van der Waals surface area contributed by atoms with Crippen LogP contribution in [-0.4, -0.2) is 52.4 Å². The molecule has 3 N–H and O–H groups in total. The lowest BCUT2D eigenvalue weighted by atomic mass is 9.89. The molecule has 36 heavy (non-hydrogen) atoms. The van der Waals surface area contributed by atoms with E-state index < -0.39 is 0 Å². The van der Waals surface area contributed by atoms with E-state index in [0.717, 1.165) is 42.4 Å². The van der Waals surface area contributed by atoms with Crippen molar-refractivity contribution in [2.45, 2.75) is 18.8 Å². The Labute approximate surface area is 208 Å². The Kier molecular flexibility index (Phi) is 6.60. The highest BCUT2D eigenvalue weighted by Gasteiger charge is 2.21. The van der Waals surface area contributed by atoms with E-state index in [2.05, 4.69) is 32.5 Å². The van der Waals surface area contributed by atoms with E-state index in [1.54, 1.807) is 30.5 Å². The van der Waals surface area contributed by atoms with Crippen molar-refractivity contribution in [2.24, 2.45) is 0 Å². The normalized spacial score (nSPS) is 14.5. The first kappa shape index (κ1) is 23.5. The van der Waals surface area contributed by atoms with Crippen molar-refractivity contribution in [3.8, 4) is 17.3 Å². The van der Waals surface area contributed by atoms with Crippen LogP contribution < -0.4 is 10.6 Å². The molecule has 5 rings (SSSR count). The molecule has 2 aromatic carbocycles. The summed E-state index contributed by atoms with van der Waals surface area (Å²) in [7, 11) is 2.09. The minimum Gasteiger partial charge on any atom is -0.346 e. The first-order chi connectivity index (χ1) is 17.5. The maximum Gasteiger partial charge on any atom is 0.252 e. The van der Waals surface area contributed by atoms with Gasteiger partial charge in [-0.2, -0.15) is 10.2 Å². The standard InChI is InChI=1S/C27H26FN7O/c1-35-14-9-17(10-15-35)21-7-6-20(16-23(21)28)32-27-33-24(22-8-12-30-25(22)34-27)18-2-4-19(5-3-18)26(36)31-13-11-29/h2-8,12,16-17H,9-10,13-15H2,1H3,(H,31,36)(H2,30,32,33,34). The lowest BCUT2D eigenvalue weighted by molar-refractivity contribution is 0.0958. The Morgan fingerprint density at radius 1 is 1.17 bits per heavy atom. The number of amides is 1. The highest BCUT2D eigenvalue weighted by molar-refractivity contribution is 5.96. The summed E-state index contributed by atoms with van der Waals surface area (Å²) in [5.41, 5.74) is 3.90. The number of benzene rings is 2. The summed E-state index contributed by atoms with van der Waals surface area (Å²) in [6.07, 6.45) is 3.69. The first-order valence-electron chi connectivity index (χ1n) is 11.9. The van der Waals surface area contributed by atoms with Crippen LogP contribution in [-0.2, 0) is 0 Å². The monoisotopic (exact) mass is 483 g/mol. The molecule has 4 aromatic rings. The predicted molar refractivity (Wildman–Crippen MR) is 136 cm³/mol. The molecule has 0 radical (unpaired) electrons. The fourth-order valence-corrected chi connectivity index (χ4v) is 4.60. The molecule has 0 atom stereocenters. The highest BCUT2D eigenvalue weighted by Crippen LogP contribution is 2.32. The van der Waals surface area contributed by atoms with Crippen molar-refractivity contribution in [3.63, 3.8) is 0 Å². The van der Waals surface area contributed by atoms with Gasteiger partial charge in [0.25, 0.3) is 5.91 Å². The number of halogens is 1. The molecule has 9 heteroatoms. The van der Waals surface area contributed by atoms with Gasteiger partial charge in [-0.3, -0.25) is 4.79 Å². The number of carbonyl (C=O) groups is 1. The molecule has 8 nitrogen and oxygen atoms in total. The molecule has 1 aliphatic heterocycles. The number of fused-ring (bicyclic) bond motifs is 1. The van der Waals surface area contributed by atoms with Gasteiger partial charge in [-0.05, 0) is 74.8 Å². The Morgan fingerprint density at radius 3 is 2.67 bits per heavy atom. The third-order valence-electron chi connectivity index (χ3n) is 6.58. The van der Waals surface area contributed by atoms with E-state index in [0.29, 0.717) is 28.5 Å². The predicted octanol–water partition coefficient (Wildman–Crippen LogP) is 4.57. The van der Waals surface area contributed by atoms with Gasteiger partial charge >= 0.3 is 0 Å². The van der Waals surface area contributed by atoms with Crippen molar-refractivity contribution in [1.29, 1.82) is 5.26 Å². The van der Waals surface area contributed by atoms with Crippen LogP contribution in [0.3, 0.4) is 0 Å². The lowest BCUT2D eigenvalue weighted by Crippen LogP contribution is -2.29. The second-order valence-electron chi connectivity index (χ2n) is 8.99. The second-order valence-corrected chi connectivity index (χ2v) is 8.99. The molecule has 1 aliphatic rings. The molecular weight excluding hydrogens is 457 g/mol. The van der Waals surface area contributed by atoms with Gasteiger partial charge in [-0.1, -0.05) is 18.2 Å². The van der Waals surface area contributed by atoms with E-state index >= 15 is 4.39 Å². The zero-order valence-corrected chi connectivity index (χ0v) is 19.9. The number of H-pyrrole nitrogens is 1. The largest absolute Gasteiger partial charge is 0.346 e. The average molecular weight is 484 g/mol. The summed E-state index contributed by atoms with van der Waals surface area (Å²) in [6.45, 7) is 1.90. The number of rotatable bonds is 6. The number of likely N-dealkylation sites (tertiary alicyclic amines) is 1. The molecule has 0 spiro atoms. The molecule has 2 aromatic heterocycles. The minimum atomic E-state index is -0.314. The summed E-state index contributed by atoms with van der Waals surface area (Å²) < 4.78 is 15.0. The summed E-state index contributed by atoms with van der Waals surface area (Å²) in [4.78, 5) is 26.7. The van der Waals surface area contributed by atoms with Gasteiger partial charge in [0.1, 0.15) is 18.0 Å². The number of aromatic amines is 1. The molecule has 0 aliphatic carbocycles. The van der Waals surface area contributed by atoms with Gasteiger partial charge in [-0.15, -0.1) is 0 Å². The summed E-state index contributed by atoms with van der Waals surface area (Å²) in [5.74, 6) is 0.0344. The summed E-state index contributed by atoms with van der Waals surface area (Å²) in [5, 5.41) is 15.1. The van der Waals surface area contributed by atoms with Crippen LogP contribution >= 0.6 is 0 Å². The topological polar surface area (TPSA) is 110 Å². The fraction of sp³-hybridized carbons (Fsp3) is 0.259. The maximum absolute atomic E-state index is 15.0. The number of hydrogen-bond donors (Lipinski definition) is 3. The van der Waals surface area contributed by atoms with Gasteiger partial charge in [0.2, 0.25) is 5.95 Å². The third-order valence-corrected chi connectivity index (χ3v) is 6.58. The zero-order valence-electron chi connectivity index (χ0n) is 19.9. The van der Waals surface area contributed by atoms with Gasteiger partial charge < -0.3 is 20.5 Å². The molecule has 3 heterocycles. The molecule has 1 fully saturated rings. The number of anilines is 2. The van der Waals surface area contributed by atoms with Gasteiger partial charge in [0, 0.05) is 28.4 Å². The van der Waals surface area contributed by atoms with Crippen LogP contribution in [0.15, 0.2) is 54.7 Å². The van der Waals surface area contributed by atoms with Crippen molar-refractivity contribution in [3.05, 3.63) is 71.7 Å². The van der Waals surface area contributed by atoms with Crippen molar-refractivity contribution in [1.82, 2.24) is 25.2 Å². The molecule has 0 bridgehead atoms. The summed E-state index contributed by atoms with van der Waals surface area (Å²) >= 11 is 0. The average Bonchev–Trinajstić information content (AvgIpc) is 3.36. The highest BCUT2D eigenvalue weighted by atomic mass is 19.1. The molecular formula is C27H26FN7O. The van der Waals surface area contributed by atoms with E-state index in [4.69, 9.17) is 10.2 Å². The number of piperidine rings is 1. The third kappa shape index (κ3) is 4.90. The quantitative estimate of drug-likeness (QED) is 0.347. The fourth-order valence-electron chi connectivity index (χ4n) is 4.60. The van der Waals surface area contributed by atoms with Crippen LogP contribution in [0.5, 0.6) is 0 Å². The van der Waals surface area contributed by atoms with E-state index in [1.165, 1.54) is 6.07 Å². The number of nitriles is 1. The van der Waals surface area contributed by atoms with Crippen molar-refractivity contribution >= 4 is 28.6 Å². The zero-order chi connectivity index (χ0) is 25.1. The molecule has 0 saturated carbocycles. The Bertz CT molecular complexity index is 1430. The number of nitrogens with one attached hydrogen (secondary N) is 3. The van der Waals surface area contributed by atoms with Gasteiger partial charge in [-0.25, -0.2) is 9.37 Å². The van der Waals surface area contributed by atoms with Crippen molar-refractivity contribution < 1.29 is 9.18 Å². The second kappa shape index (κ2) is 10.1. The number of nitrogens with zero attached hydrogens (tertiary/aromatic N) is 4. The van der Waals surface area contributed by atoms with Crippen LogP contribution in [0.4, 0.5) is 16.0 Å². The van der Waals surface area contributed by atoms with E-state index in [-0.39, 0.29) is 24.2 Å². The van der Waals surface area contributed by atoms with Crippen LogP contribution in [0, 0.1) is 17.1 Å². The Balaban J connectivity index is 1.40. The molecule has 0 unspecified atom stereocenters. The van der Waals surface area contributed by atoms with Crippen LogP contribution in [0.1, 0.15) is 34.7 Å². The van der Waals surface area contributed by atoms with Crippen LogP contribution in [0.25, 0.3) is 22.3 Å². The molecule has 1 amide bonds. The number of aromatic nitrogens is 3. The first-order valence-corrected chi connectivity index (χ1v) is 11.9. The molecule has 1 saturated heterocycles. The number of carbonyl (C=O) groups excluding carboxylic acids is 1. The Hall–Kier alpha value is -4.29. The maximum atomic E-state index is 15.0. The number of hydrogen-bond acceptors (Lipinski definition) is 6.